The van der Waals surface area contributed by atoms with Crippen LogP contribution in [0.15, 0.2) is 0 Å². The maximum absolute atomic E-state index is 10.5. The number of unbranched alkanes of at least 4 members (excludes halogenated alkanes) is 3. The van der Waals surface area contributed by atoms with Gasteiger partial charge in [-0.3, -0.25) is 4.79 Å². The van der Waals surface area contributed by atoms with Crippen LogP contribution in [0.2, 0.25) is 0 Å². The number of hydrogen-bond acceptors (Lipinski definition) is 1. The van der Waals surface area contributed by atoms with Gasteiger partial charge in [-0.1, -0.05) is 32.6 Å². The second-order valence-corrected chi connectivity index (χ2v) is 3.35. The minimum absolute atomic E-state index is 0.238. The third-order valence-corrected chi connectivity index (χ3v) is 2.31. The Morgan fingerprint density at radius 1 is 1.42 bits per heavy atom. The predicted molar refractivity (Wildman–Crippen MR) is 50.6 cm³/mol. The van der Waals surface area contributed by atoms with Gasteiger partial charge in [0.25, 0.3) is 0 Å². The van der Waals surface area contributed by atoms with Gasteiger partial charge in [0.1, 0.15) is 0 Å². The lowest BCUT2D eigenvalue weighted by Gasteiger charge is -2.07. The quantitative estimate of drug-likeness (QED) is 0.498. The summed E-state index contributed by atoms with van der Waals surface area (Å²) in [5.41, 5.74) is 0. The molecule has 0 aromatic rings. The zero-order chi connectivity index (χ0) is 9.40. The van der Waals surface area contributed by atoms with Crippen molar-refractivity contribution in [2.24, 2.45) is 5.92 Å². The fraction of sp³-hybridized carbons (Fsp3) is 0.889. The van der Waals surface area contributed by atoms with Crippen molar-refractivity contribution in [2.75, 3.05) is 5.88 Å². The molecule has 0 aromatic heterocycles. The lowest BCUT2D eigenvalue weighted by Crippen LogP contribution is -2.14. The first-order valence-corrected chi connectivity index (χ1v) is 5.04. The summed E-state index contributed by atoms with van der Waals surface area (Å²) in [5.74, 6) is -0.869. The summed E-state index contributed by atoms with van der Waals surface area (Å²) in [7, 11) is 0. The highest BCUT2D eigenvalue weighted by Crippen LogP contribution is 2.12. The molecule has 72 valence electrons. The Kier molecular flexibility index (Phi) is 7.26. The normalized spacial score (nSPS) is 12.8. The minimum atomic E-state index is -0.763. The molecule has 0 bridgehead atoms. The number of hydrogen-bond donors (Lipinski definition) is 1. The molecule has 0 aliphatic heterocycles. The van der Waals surface area contributed by atoms with Crippen LogP contribution in [0.1, 0.15) is 39.0 Å². The molecule has 0 aliphatic carbocycles. The first-order valence-electron chi connectivity index (χ1n) is 4.51. The van der Waals surface area contributed by atoms with Crippen molar-refractivity contribution in [1.29, 1.82) is 0 Å². The Labute approximate surface area is 78.9 Å². The molecule has 1 unspecified atom stereocenters. The van der Waals surface area contributed by atoms with Gasteiger partial charge in [-0.05, 0) is 6.42 Å². The van der Waals surface area contributed by atoms with E-state index in [-0.39, 0.29) is 11.8 Å². The minimum Gasteiger partial charge on any atom is -0.481 e. The second-order valence-electron chi connectivity index (χ2n) is 3.04. The van der Waals surface area contributed by atoms with Gasteiger partial charge < -0.3 is 5.11 Å². The summed E-state index contributed by atoms with van der Waals surface area (Å²) >= 11 is 5.49. The van der Waals surface area contributed by atoms with E-state index in [0.29, 0.717) is 0 Å². The number of aliphatic carboxylic acids is 1. The molecular weight excluding hydrogens is 176 g/mol. The molecule has 3 heteroatoms. The van der Waals surface area contributed by atoms with E-state index in [0.717, 1.165) is 19.3 Å². The van der Waals surface area contributed by atoms with Crippen LogP contribution in [-0.2, 0) is 4.79 Å². The molecule has 0 fully saturated rings. The zero-order valence-electron chi connectivity index (χ0n) is 7.55. The second kappa shape index (κ2) is 7.41. The largest absolute Gasteiger partial charge is 0.481 e. The lowest BCUT2D eigenvalue weighted by atomic mass is 10.0. The third-order valence-electron chi connectivity index (χ3n) is 1.94. The average Bonchev–Trinajstić information content (AvgIpc) is 2.04. The van der Waals surface area contributed by atoms with E-state index in [2.05, 4.69) is 6.92 Å². The Morgan fingerprint density at radius 3 is 2.50 bits per heavy atom. The molecule has 0 radical (unpaired) electrons. The van der Waals surface area contributed by atoms with Crippen molar-refractivity contribution in [3.8, 4) is 0 Å². The van der Waals surface area contributed by atoms with E-state index in [9.17, 15) is 4.79 Å². The van der Waals surface area contributed by atoms with Gasteiger partial charge in [-0.15, -0.1) is 11.6 Å². The molecule has 0 saturated carbocycles. The molecular formula is C9H17ClO2. The smallest absolute Gasteiger partial charge is 0.307 e. The standard InChI is InChI=1S/C9H17ClO2/c1-2-3-4-5-6-8(7-10)9(11)12/h8H,2-7H2,1H3,(H,11,12). The topological polar surface area (TPSA) is 37.3 Å². The fourth-order valence-corrected chi connectivity index (χ4v) is 1.37. The van der Waals surface area contributed by atoms with Crippen molar-refractivity contribution >= 4 is 17.6 Å². The van der Waals surface area contributed by atoms with Gasteiger partial charge >= 0.3 is 5.97 Å². The van der Waals surface area contributed by atoms with Crippen LogP contribution in [0, 0.1) is 5.92 Å². The first kappa shape index (κ1) is 11.8. The highest BCUT2D eigenvalue weighted by molar-refractivity contribution is 6.19. The van der Waals surface area contributed by atoms with Crippen LogP contribution >= 0.6 is 11.6 Å². The molecule has 1 atom stereocenters. The molecule has 1 N–H and O–H groups in total. The van der Waals surface area contributed by atoms with Gasteiger partial charge in [0, 0.05) is 5.88 Å². The van der Waals surface area contributed by atoms with Crippen LogP contribution < -0.4 is 0 Å². The summed E-state index contributed by atoms with van der Waals surface area (Å²) in [5, 5.41) is 8.65. The zero-order valence-corrected chi connectivity index (χ0v) is 8.31. The SMILES string of the molecule is CCCCCCC(CCl)C(=O)O. The van der Waals surface area contributed by atoms with Crippen molar-refractivity contribution < 1.29 is 9.90 Å². The van der Waals surface area contributed by atoms with E-state index in [1.165, 1.54) is 12.8 Å². The number of halogens is 1. The summed E-state index contributed by atoms with van der Waals surface area (Å²) in [4.78, 5) is 10.5. The third kappa shape index (κ3) is 5.42. The van der Waals surface area contributed by atoms with E-state index in [1.807, 2.05) is 0 Å². The van der Waals surface area contributed by atoms with Crippen LogP contribution in [0.5, 0.6) is 0 Å². The van der Waals surface area contributed by atoms with Crippen molar-refractivity contribution in [3.05, 3.63) is 0 Å². The van der Waals surface area contributed by atoms with Crippen LogP contribution in [0.3, 0.4) is 0 Å². The lowest BCUT2D eigenvalue weighted by molar-refractivity contribution is -0.141. The summed E-state index contributed by atoms with van der Waals surface area (Å²) in [6.45, 7) is 2.14. The van der Waals surface area contributed by atoms with Gasteiger partial charge in [0.15, 0.2) is 0 Å². The average molecular weight is 193 g/mol. The number of carboxylic acids is 1. The molecule has 0 aromatic carbocycles. The number of carboxylic acid groups (broad SMARTS) is 1. The highest BCUT2D eigenvalue weighted by atomic mass is 35.5. The maximum Gasteiger partial charge on any atom is 0.307 e. The summed E-state index contributed by atoms with van der Waals surface area (Å²) in [6.07, 6.45) is 5.20. The van der Waals surface area contributed by atoms with E-state index in [1.54, 1.807) is 0 Å². The summed E-state index contributed by atoms with van der Waals surface area (Å²) in [6, 6.07) is 0. The monoisotopic (exact) mass is 192 g/mol. The van der Waals surface area contributed by atoms with Crippen molar-refractivity contribution in [1.82, 2.24) is 0 Å². The Morgan fingerprint density at radius 2 is 2.08 bits per heavy atom. The Balaban J connectivity index is 3.38. The molecule has 2 nitrogen and oxygen atoms in total. The van der Waals surface area contributed by atoms with E-state index >= 15 is 0 Å². The summed E-state index contributed by atoms with van der Waals surface area (Å²) < 4.78 is 0. The number of rotatable bonds is 7. The number of alkyl halides is 1. The molecule has 12 heavy (non-hydrogen) atoms. The van der Waals surface area contributed by atoms with Crippen molar-refractivity contribution in [3.63, 3.8) is 0 Å². The van der Waals surface area contributed by atoms with Gasteiger partial charge in [-0.2, -0.15) is 0 Å². The molecule has 0 amide bonds. The maximum atomic E-state index is 10.5. The molecule has 0 spiro atoms. The van der Waals surface area contributed by atoms with Gasteiger partial charge in [0.05, 0.1) is 5.92 Å². The predicted octanol–water partition coefficient (Wildman–Crippen LogP) is 2.90. The molecule has 0 saturated heterocycles. The van der Waals surface area contributed by atoms with Gasteiger partial charge in [-0.25, -0.2) is 0 Å². The Bertz CT molecular complexity index is 126. The van der Waals surface area contributed by atoms with Crippen molar-refractivity contribution in [2.45, 2.75) is 39.0 Å². The van der Waals surface area contributed by atoms with Crippen LogP contribution in [0.4, 0.5) is 0 Å². The highest BCUT2D eigenvalue weighted by Gasteiger charge is 2.14. The van der Waals surface area contributed by atoms with Gasteiger partial charge in [0.2, 0.25) is 0 Å². The first-order chi connectivity index (χ1) is 5.72. The molecule has 0 aliphatic rings. The molecule has 0 heterocycles. The van der Waals surface area contributed by atoms with E-state index in [4.69, 9.17) is 16.7 Å². The van der Waals surface area contributed by atoms with Crippen LogP contribution in [0.25, 0.3) is 0 Å². The molecule has 0 rings (SSSR count). The Hall–Kier alpha value is -0.240. The van der Waals surface area contributed by atoms with Crippen LogP contribution in [-0.4, -0.2) is 17.0 Å². The number of carbonyl (C=O) groups is 1. The van der Waals surface area contributed by atoms with E-state index < -0.39 is 5.97 Å². The fourth-order valence-electron chi connectivity index (χ4n) is 1.08.